The largest absolute Gasteiger partial charge is 0.481 e. The predicted molar refractivity (Wildman–Crippen MR) is 58.8 cm³/mol. The normalized spacial score (nSPS) is 15.4. The van der Waals surface area contributed by atoms with Crippen LogP contribution in [0.15, 0.2) is 0 Å². The third-order valence-electron chi connectivity index (χ3n) is 2.18. The average molecular weight is 215 g/mol. The Morgan fingerprint density at radius 3 is 2.00 bits per heavy atom. The predicted octanol–water partition coefficient (Wildman–Crippen LogP) is 1.44. The van der Waals surface area contributed by atoms with Crippen LogP contribution in [-0.2, 0) is 9.59 Å². The Morgan fingerprint density at radius 1 is 1.27 bits per heavy atom. The van der Waals surface area contributed by atoms with Crippen molar-refractivity contribution in [2.45, 2.75) is 52.6 Å². The molecule has 0 heterocycles. The Morgan fingerprint density at radius 2 is 1.73 bits per heavy atom. The van der Waals surface area contributed by atoms with E-state index in [4.69, 9.17) is 5.11 Å². The number of hydrogen-bond acceptors (Lipinski definition) is 3. The van der Waals surface area contributed by atoms with Crippen LogP contribution in [-0.4, -0.2) is 28.4 Å². The fraction of sp³-hybridized carbons (Fsp3) is 0.818. The second-order valence-corrected chi connectivity index (χ2v) is 4.72. The average Bonchev–Trinajstić information content (AvgIpc) is 1.99. The Labute approximate surface area is 91.1 Å². The molecule has 0 aromatic heterocycles. The van der Waals surface area contributed by atoms with E-state index in [1.807, 2.05) is 13.8 Å². The number of carbonyl (C=O) groups is 2. The summed E-state index contributed by atoms with van der Waals surface area (Å²) in [7, 11) is 0. The molecule has 0 spiro atoms. The van der Waals surface area contributed by atoms with Crippen molar-refractivity contribution < 1.29 is 14.7 Å². The summed E-state index contributed by atoms with van der Waals surface area (Å²) in [6, 6.07) is 0.0806. The highest BCUT2D eigenvalue weighted by Crippen LogP contribution is 2.17. The zero-order chi connectivity index (χ0) is 12.2. The molecule has 0 aliphatic heterocycles. The summed E-state index contributed by atoms with van der Waals surface area (Å²) in [5.41, 5.74) is -0.964. The molecular weight excluding hydrogens is 194 g/mol. The van der Waals surface area contributed by atoms with Crippen LogP contribution in [0.3, 0.4) is 0 Å². The Hall–Kier alpha value is -0.900. The number of carbonyl (C=O) groups excluding carboxylic acids is 1. The Kier molecular flexibility index (Phi) is 4.94. The van der Waals surface area contributed by atoms with E-state index in [-0.39, 0.29) is 24.2 Å². The lowest BCUT2D eigenvalue weighted by atomic mass is 9.85. The zero-order valence-electron chi connectivity index (χ0n) is 10.1. The molecule has 0 fully saturated rings. The monoisotopic (exact) mass is 215 g/mol. The van der Waals surface area contributed by atoms with Crippen LogP contribution in [0.4, 0.5) is 0 Å². The van der Waals surface area contributed by atoms with E-state index in [0.717, 1.165) is 0 Å². The van der Waals surface area contributed by atoms with Gasteiger partial charge in [0.2, 0.25) is 0 Å². The van der Waals surface area contributed by atoms with Gasteiger partial charge in [0.1, 0.15) is 0 Å². The number of carboxylic acids is 1. The number of nitrogens with one attached hydrogen (secondary N) is 1. The first-order valence-electron chi connectivity index (χ1n) is 5.23. The van der Waals surface area contributed by atoms with Crippen LogP contribution in [0.2, 0.25) is 0 Å². The highest BCUT2D eigenvalue weighted by Gasteiger charge is 2.36. The zero-order valence-corrected chi connectivity index (χ0v) is 10.1. The quantitative estimate of drug-likeness (QED) is 0.703. The van der Waals surface area contributed by atoms with E-state index < -0.39 is 11.5 Å². The van der Waals surface area contributed by atoms with Crippen LogP contribution in [0.25, 0.3) is 0 Å². The smallest absolute Gasteiger partial charge is 0.305 e. The van der Waals surface area contributed by atoms with Crippen molar-refractivity contribution >= 4 is 11.8 Å². The van der Waals surface area contributed by atoms with Crippen LogP contribution in [0.1, 0.15) is 41.0 Å². The molecule has 0 rings (SSSR count). The van der Waals surface area contributed by atoms with E-state index in [2.05, 4.69) is 5.32 Å². The SMILES string of the molecule is CC(C)NC(C)(CC(=O)O)C(=O)C(C)C. The number of aliphatic carboxylic acids is 1. The maximum atomic E-state index is 11.9. The number of rotatable bonds is 6. The van der Waals surface area contributed by atoms with Crippen molar-refractivity contribution in [1.82, 2.24) is 5.32 Å². The fourth-order valence-corrected chi connectivity index (χ4v) is 1.79. The lowest BCUT2D eigenvalue weighted by Crippen LogP contribution is -2.55. The molecule has 4 heteroatoms. The van der Waals surface area contributed by atoms with Crippen LogP contribution in [0.5, 0.6) is 0 Å². The van der Waals surface area contributed by atoms with Gasteiger partial charge >= 0.3 is 5.97 Å². The lowest BCUT2D eigenvalue weighted by Gasteiger charge is -2.31. The van der Waals surface area contributed by atoms with Crippen molar-refractivity contribution in [3.05, 3.63) is 0 Å². The van der Waals surface area contributed by atoms with Crippen molar-refractivity contribution in [1.29, 1.82) is 0 Å². The minimum absolute atomic E-state index is 0.0569. The maximum absolute atomic E-state index is 11.9. The standard InChI is InChI=1S/C11H21NO3/c1-7(2)10(15)11(5,6-9(13)14)12-8(3)4/h7-8,12H,6H2,1-5H3,(H,13,14). The number of carboxylic acid groups (broad SMARTS) is 1. The third-order valence-corrected chi connectivity index (χ3v) is 2.18. The second kappa shape index (κ2) is 5.26. The summed E-state index contributed by atoms with van der Waals surface area (Å²) in [6.45, 7) is 9.01. The minimum Gasteiger partial charge on any atom is -0.481 e. The molecule has 1 atom stereocenters. The summed E-state index contributed by atoms with van der Waals surface area (Å²) < 4.78 is 0. The van der Waals surface area contributed by atoms with Gasteiger partial charge in [-0.1, -0.05) is 13.8 Å². The van der Waals surface area contributed by atoms with Gasteiger partial charge in [0.25, 0.3) is 0 Å². The third kappa shape index (κ3) is 4.42. The molecule has 15 heavy (non-hydrogen) atoms. The number of Topliss-reactive ketones (excluding diaryl/α,β-unsaturated/α-hetero) is 1. The molecule has 88 valence electrons. The summed E-state index contributed by atoms with van der Waals surface area (Å²) >= 11 is 0. The van der Waals surface area contributed by atoms with E-state index >= 15 is 0 Å². The first kappa shape index (κ1) is 14.1. The number of ketones is 1. The maximum Gasteiger partial charge on any atom is 0.305 e. The summed E-state index contributed by atoms with van der Waals surface area (Å²) in [4.78, 5) is 22.6. The highest BCUT2D eigenvalue weighted by atomic mass is 16.4. The molecule has 0 aromatic rings. The number of hydrogen-bond donors (Lipinski definition) is 2. The Balaban J connectivity index is 4.84. The van der Waals surface area contributed by atoms with Gasteiger partial charge in [0, 0.05) is 12.0 Å². The van der Waals surface area contributed by atoms with Crippen molar-refractivity contribution in [2.75, 3.05) is 0 Å². The van der Waals surface area contributed by atoms with Crippen LogP contribution in [0, 0.1) is 5.92 Å². The van der Waals surface area contributed by atoms with Gasteiger partial charge in [-0.25, -0.2) is 0 Å². The molecule has 4 nitrogen and oxygen atoms in total. The van der Waals surface area contributed by atoms with E-state index in [0.29, 0.717) is 0 Å². The van der Waals surface area contributed by atoms with Gasteiger partial charge < -0.3 is 10.4 Å². The van der Waals surface area contributed by atoms with E-state index in [9.17, 15) is 9.59 Å². The van der Waals surface area contributed by atoms with Crippen LogP contribution >= 0.6 is 0 Å². The van der Waals surface area contributed by atoms with Gasteiger partial charge in [0.15, 0.2) is 5.78 Å². The molecular formula is C11H21NO3. The van der Waals surface area contributed by atoms with Crippen molar-refractivity contribution in [3.8, 4) is 0 Å². The van der Waals surface area contributed by atoms with Crippen molar-refractivity contribution in [2.24, 2.45) is 5.92 Å². The van der Waals surface area contributed by atoms with Crippen LogP contribution < -0.4 is 5.32 Å². The van der Waals surface area contributed by atoms with E-state index in [1.54, 1.807) is 20.8 Å². The molecule has 0 saturated carbocycles. The van der Waals surface area contributed by atoms with Crippen molar-refractivity contribution in [3.63, 3.8) is 0 Å². The van der Waals surface area contributed by atoms with Gasteiger partial charge in [-0.15, -0.1) is 0 Å². The van der Waals surface area contributed by atoms with Gasteiger partial charge in [-0.05, 0) is 20.8 Å². The minimum atomic E-state index is -0.964. The summed E-state index contributed by atoms with van der Waals surface area (Å²) in [5, 5.41) is 11.8. The summed E-state index contributed by atoms with van der Waals surface area (Å²) in [6.07, 6.45) is -0.178. The van der Waals surface area contributed by atoms with Gasteiger partial charge in [-0.3, -0.25) is 9.59 Å². The molecule has 0 radical (unpaired) electrons. The topological polar surface area (TPSA) is 66.4 Å². The highest BCUT2D eigenvalue weighted by molar-refractivity contribution is 5.93. The molecule has 0 aliphatic rings. The molecule has 0 saturated heterocycles. The Bertz CT molecular complexity index is 248. The first-order valence-corrected chi connectivity index (χ1v) is 5.23. The lowest BCUT2D eigenvalue weighted by molar-refractivity contribution is -0.142. The molecule has 0 aliphatic carbocycles. The summed E-state index contributed by atoms with van der Waals surface area (Å²) in [5.74, 6) is -1.18. The molecule has 0 aromatic carbocycles. The second-order valence-electron chi connectivity index (χ2n) is 4.72. The fourth-order valence-electron chi connectivity index (χ4n) is 1.79. The molecule has 0 amide bonds. The molecule has 1 unspecified atom stereocenters. The van der Waals surface area contributed by atoms with E-state index in [1.165, 1.54) is 0 Å². The van der Waals surface area contributed by atoms with Gasteiger partial charge in [0.05, 0.1) is 12.0 Å². The first-order chi connectivity index (χ1) is 6.69. The van der Waals surface area contributed by atoms with Gasteiger partial charge in [-0.2, -0.15) is 0 Å². The molecule has 2 N–H and O–H groups in total. The molecule has 0 bridgehead atoms.